The fourth-order valence-corrected chi connectivity index (χ4v) is 2.54. The molecular weight excluding hydrogens is 212 g/mol. The Bertz CT molecular complexity index is 234. The van der Waals surface area contributed by atoms with Gasteiger partial charge in [-0.2, -0.15) is 0 Å². The molecular formula is C14H28N2O. The highest BCUT2D eigenvalue weighted by molar-refractivity contribution is 5.78. The molecule has 1 amide bonds. The lowest BCUT2D eigenvalue weighted by Crippen LogP contribution is -2.43. The highest BCUT2D eigenvalue weighted by Gasteiger charge is 2.31. The predicted octanol–water partition coefficient (Wildman–Crippen LogP) is 2.41. The van der Waals surface area contributed by atoms with Crippen molar-refractivity contribution < 1.29 is 4.79 Å². The zero-order chi connectivity index (χ0) is 12.8. The van der Waals surface area contributed by atoms with Gasteiger partial charge >= 0.3 is 0 Å². The molecule has 1 fully saturated rings. The van der Waals surface area contributed by atoms with Crippen LogP contribution in [0, 0.1) is 5.92 Å². The number of rotatable bonds is 8. The largest absolute Gasteiger partial charge is 0.339 e. The maximum Gasteiger partial charge on any atom is 0.236 e. The van der Waals surface area contributed by atoms with E-state index in [9.17, 15) is 4.79 Å². The van der Waals surface area contributed by atoms with Crippen LogP contribution >= 0.6 is 0 Å². The minimum Gasteiger partial charge on any atom is -0.339 e. The van der Waals surface area contributed by atoms with Gasteiger partial charge in [-0.05, 0) is 32.6 Å². The summed E-state index contributed by atoms with van der Waals surface area (Å²) in [7, 11) is 0. The van der Waals surface area contributed by atoms with Crippen LogP contribution in [0.5, 0.6) is 0 Å². The summed E-state index contributed by atoms with van der Waals surface area (Å²) in [5.74, 6) is 0.951. The van der Waals surface area contributed by atoms with Crippen LogP contribution in [0.15, 0.2) is 0 Å². The van der Waals surface area contributed by atoms with E-state index >= 15 is 0 Å². The SMILES string of the molecule is CCC(CC)C(C)NCC(=O)N(CC)C1CC1. The number of likely N-dealkylation sites (N-methyl/N-ethyl adjacent to an activating group) is 1. The normalized spacial score (nSPS) is 17.2. The summed E-state index contributed by atoms with van der Waals surface area (Å²) >= 11 is 0. The lowest BCUT2D eigenvalue weighted by molar-refractivity contribution is -0.130. The molecule has 0 aromatic rings. The predicted molar refractivity (Wildman–Crippen MR) is 71.9 cm³/mol. The van der Waals surface area contributed by atoms with Crippen LogP contribution in [0.3, 0.4) is 0 Å². The minimum absolute atomic E-state index is 0.271. The number of nitrogens with one attached hydrogen (secondary N) is 1. The second-order valence-electron chi connectivity index (χ2n) is 5.16. The first kappa shape index (κ1) is 14.5. The molecule has 0 bridgehead atoms. The highest BCUT2D eigenvalue weighted by atomic mass is 16.2. The van der Waals surface area contributed by atoms with Crippen LogP contribution in [0.4, 0.5) is 0 Å². The Morgan fingerprint density at radius 3 is 2.29 bits per heavy atom. The maximum atomic E-state index is 12.0. The molecule has 0 radical (unpaired) electrons. The van der Waals surface area contributed by atoms with Gasteiger partial charge in [-0.15, -0.1) is 0 Å². The fraction of sp³-hybridized carbons (Fsp3) is 0.929. The van der Waals surface area contributed by atoms with Gasteiger partial charge in [0.15, 0.2) is 0 Å². The summed E-state index contributed by atoms with van der Waals surface area (Å²) in [6.45, 7) is 10.1. The molecule has 1 aliphatic carbocycles. The molecule has 100 valence electrons. The molecule has 0 heterocycles. The van der Waals surface area contributed by atoms with Crippen molar-refractivity contribution in [1.29, 1.82) is 0 Å². The summed E-state index contributed by atoms with van der Waals surface area (Å²) in [4.78, 5) is 14.0. The van der Waals surface area contributed by atoms with Gasteiger partial charge in [0.25, 0.3) is 0 Å². The number of hydrogen-bond acceptors (Lipinski definition) is 2. The molecule has 1 N–H and O–H groups in total. The number of hydrogen-bond donors (Lipinski definition) is 1. The average molecular weight is 240 g/mol. The average Bonchev–Trinajstić information content (AvgIpc) is 3.13. The number of nitrogens with zero attached hydrogens (tertiary/aromatic N) is 1. The Hall–Kier alpha value is -0.570. The number of amides is 1. The summed E-state index contributed by atoms with van der Waals surface area (Å²) in [5, 5.41) is 3.39. The van der Waals surface area contributed by atoms with Crippen molar-refractivity contribution in [3.63, 3.8) is 0 Å². The Morgan fingerprint density at radius 2 is 1.88 bits per heavy atom. The second-order valence-corrected chi connectivity index (χ2v) is 5.16. The standard InChI is InChI=1S/C14H28N2O/c1-5-12(6-2)11(4)15-10-14(17)16(7-3)13-8-9-13/h11-13,15H,5-10H2,1-4H3. The molecule has 1 atom stereocenters. The topological polar surface area (TPSA) is 32.3 Å². The summed E-state index contributed by atoms with van der Waals surface area (Å²) in [6, 6.07) is 0.976. The van der Waals surface area contributed by atoms with Crippen LogP contribution in [0.25, 0.3) is 0 Å². The molecule has 1 unspecified atom stereocenters. The summed E-state index contributed by atoms with van der Waals surface area (Å²) in [6.07, 6.45) is 4.75. The molecule has 0 saturated heterocycles. The van der Waals surface area contributed by atoms with E-state index in [2.05, 4.69) is 33.0 Å². The van der Waals surface area contributed by atoms with Crippen molar-refractivity contribution in [2.45, 2.75) is 65.5 Å². The molecule has 1 rings (SSSR count). The van der Waals surface area contributed by atoms with Gasteiger partial charge in [0.05, 0.1) is 6.54 Å². The molecule has 17 heavy (non-hydrogen) atoms. The zero-order valence-electron chi connectivity index (χ0n) is 11.8. The van der Waals surface area contributed by atoms with Crippen molar-refractivity contribution >= 4 is 5.91 Å². The van der Waals surface area contributed by atoms with E-state index in [-0.39, 0.29) is 5.91 Å². The third-order valence-corrected chi connectivity index (χ3v) is 3.98. The van der Waals surface area contributed by atoms with Gasteiger partial charge in [-0.3, -0.25) is 4.79 Å². The van der Waals surface area contributed by atoms with E-state index in [0.717, 1.165) is 6.54 Å². The van der Waals surface area contributed by atoms with Crippen molar-refractivity contribution in [2.24, 2.45) is 5.92 Å². The quantitative estimate of drug-likeness (QED) is 0.706. The van der Waals surface area contributed by atoms with Gasteiger partial charge in [0.2, 0.25) is 5.91 Å². The van der Waals surface area contributed by atoms with Crippen LogP contribution < -0.4 is 5.32 Å². The van der Waals surface area contributed by atoms with Crippen LogP contribution in [0.2, 0.25) is 0 Å². The number of carbonyl (C=O) groups is 1. The molecule has 1 saturated carbocycles. The molecule has 3 heteroatoms. The Kier molecular flexibility index (Phi) is 5.96. The van der Waals surface area contributed by atoms with Gasteiger partial charge in [0.1, 0.15) is 0 Å². The van der Waals surface area contributed by atoms with E-state index in [1.54, 1.807) is 0 Å². The molecule has 0 spiro atoms. The van der Waals surface area contributed by atoms with Crippen LogP contribution in [-0.4, -0.2) is 36.0 Å². The van der Waals surface area contributed by atoms with Crippen molar-refractivity contribution in [2.75, 3.05) is 13.1 Å². The van der Waals surface area contributed by atoms with E-state index in [1.165, 1.54) is 25.7 Å². The van der Waals surface area contributed by atoms with Crippen LogP contribution in [-0.2, 0) is 4.79 Å². The lowest BCUT2D eigenvalue weighted by atomic mass is 9.95. The monoisotopic (exact) mass is 240 g/mol. The zero-order valence-corrected chi connectivity index (χ0v) is 11.8. The smallest absolute Gasteiger partial charge is 0.236 e. The highest BCUT2D eigenvalue weighted by Crippen LogP contribution is 2.26. The first-order valence-electron chi connectivity index (χ1n) is 7.16. The van der Waals surface area contributed by atoms with Crippen molar-refractivity contribution in [1.82, 2.24) is 10.2 Å². The first-order chi connectivity index (χ1) is 8.13. The molecule has 1 aliphatic rings. The Labute approximate surface area is 106 Å². The number of carbonyl (C=O) groups excluding carboxylic acids is 1. The van der Waals surface area contributed by atoms with E-state index in [0.29, 0.717) is 24.5 Å². The Balaban J connectivity index is 2.30. The Morgan fingerprint density at radius 1 is 1.29 bits per heavy atom. The molecule has 0 aromatic heterocycles. The molecule has 0 aromatic carbocycles. The summed E-state index contributed by atoms with van der Waals surface area (Å²) in [5.41, 5.74) is 0. The van der Waals surface area contributed by atoms with Crippen molar-refractivity contribution in [3.05, 3.63) is 0 Å². The van der Waals surface area contributed by atoms with E-state index in [4.69, 9.17) is 0 Å². The van der Waals surface area contributed by atoms with Gasteiger partial charge in [-0.1, -0.05) is 26.7 Å². The third kappa shape index (κ3) is 4.30. The summed E-state index contributed by atoms with van der Waals surface area (Å²) < 4.78 is 0. The second kappa shape index (κ2) is 7.00. The molecule has 3 nitrogen and oxygen atoms in total. The minimum atomic E-state index is 0.271. The van der Waals surface area contributed by atoms with Gasteiger partial charge < -0.3 is 10.2 Å². The van der Waals surface area contributed by atoms with Crippen LogP contribution in [0.1, 0.15) is 53.4 Å². The first-order valence-corrected chi connectivity index (χ1v) is 7.16. The lowest BCUT2D eigenvalue weighted by Gasteiger charge is -2.25. The fourth-order valence-electron chi connectivity index (χ4n) is 2.54. The van der Waals surface area contributed by atoms with Gasteiger partial charge in [-0.25, -0.2) is 0 Å². The third-order valence-electron chi connectivity index (χ3n) is 3.98. The van der Waals surface area contributed by atoms with E-state index < -0.39 is 0 Å². The maximum absolute atomic E-state index is 12.0. The van der Waals surface area contributed by atoms with E-state index in [1.807, 2.05) is 4.90 Å². The van der Waals surface area contributed by atoms with Crippen molar-refractivity contribution in [3.8, 4) is 0 Å². The van der Waals surface area contributed by atoms with Gasteiger partial charge in [0, 0.05) is 18.6 Å². The molecule has 0 aliphatic heterocycles.